The van der Waals surface area contributed by atoms with Crippen LogP contribution in [0.2, 0.25) is 0 Å². The van der Waals surface area contributed by atoms with Crippen molar-refractivity contribution in [1.82, 2.24) is 15.0 Å². The zero-order valence-corrected chi connectivity index (χ0v) is 25.8. The van der Waals surface area contributed by atoms with Crippen LogP contribution in [0.25, 0.3) is 45.3 Å². The summed E-state index contributed by atoms with van der Waals surface area (Å²) in [4.78, 5) is 17.1. The molecule has 0 bridgehead atoms. The second-order valence-corrected chi connectivity index (χ2v) is 12.2. The van der Waals surface area contributed by atoms with Crippen LogP contribution < -0.4 is 4.90 Å². The maximum atomic E-state index is 4.93. The van der Waals surface area contributed by atoms with Gasteiger partial charge < -0.3 is 4.90 Å². The predicted molar refractivity (Wildman–Crippen MR) is 188 cm³/mol. The first-order valence-electron chi connectivity index (χ1n) is 15.6. The third-order valence-electron chi connectivity index (χ3n) is 8.92. The quantitative estimate of drug-likeness (QED) is 0.199. The Morgan fingerprint density at radius 2 is 0.826 bits per heavy atom. The molecule has 8 rings (SSSR count). The van der Waals surface area contributed by atoms with Crippen molar-refractivity contribution in [1.29, 1.82) is 0 Å². The third kappa shape index (κ3) is 4.85. The second-order valence-electron chi connectivity index (χ2n) is 12.2. The molecule has 4 nitrogen and oxygen atoms in total. The van der Waals surface area contributed by atoms with Crippen LogP contribution in [0.5, 0.6) is 0 Å². The number of anilines is 3. The standard InChI is InChI=1S/C42H32N4/c1-42(2)35-20-9-11-22-37(35)46(38-23-12-10-21-36(38)42)34-26-24-29(25-27-34)32-18-13-19-33(28-32)41-44-39(30-14-5-3-6-15-30)43-40(45-41)31-16-7-4-8-17-31/h3-28H,1-2H3. The van der Waals surface area contributed by atoms with Crippen LogP contribution in [0.1, 0.15) is 25.0 Å². The molecule has 0 unspecified atom stereocenters. The zero-order valence-electron chi connectivity index (χ0n) is 25.8. The van der Waals surface area contributed by atoms with Gasteiger partial charge in [-0.05, 0) is 52.6 Å². The molecule has 1 aliphatic heterocycles. The van der Waals surface area contributed by atoms with Crippen molar-refractivity contribution >= 4 is 17.1 Å². The number of hydrogen-bond acceptors (Lipinski definition) is 4. The minimum atomic E-state index is -0.0835. The van der Waals surface area contributed by atoms with Crippen molar-refractivity contribution in [3.8, 4) is 45.3 Å². The number of para-hydroxylation sites is 2. The summed E-state index contributed by atoms with van der Waals surface area (Å²) in [5.74, 6) is 1.96. The second kappa shape index (κ2) is 11.2. The van der Waals surface area contributed by atoms with Gasteiger partial charge in [0.2, 0.25) is 0 Å². The van der Waals surface area contributed by atoms with Crippen LogP contribution in [0.15, 0.2) is 158 Å². The summed E-state index contributed by atoms with van der Waals surface area (Å²) in [6, 6.07) is 55.0. The molecule has 4 heteroatoms. The normalized spacial score (nSPS) is 13.1. The van der Waals surface area contributed by atoms with Crippen molar-refractivity contribution in [2.45, 2.75) is 19.3 Å². The molecule has 2 heterocycles. The van der Waals surface area contributed by atoms with Crippen molar-refractivity contribution in [3.05, 3.63) is 169 Å². The third-order valence-corrected chi connectivity index (χ3v) is 8.92. The average Bonchev–Trinajstić information content (AvgIpc) is 3.13. The molecule has 0 aliphatic carbocycles. The van der Waals surface area contributed by atoms with Crippen LogP contribution in [0.4, 0.5) is 17.1 Å². The van der Waals surface area contributed by atoms with Crippen LogP contribution in [0.3, 0.4) is 0 Å². The minimum Gasteiger partial charge on any atom is -0.310 e. The van der Waals surface area contributed by atoms with Gasteiger partial charge in [0.25, 0.3) is 0 Å². The Labute approximate surface area is 269 Å². The first kappa shape index (κ1) is 27.7. The maximum absolute atomic E-state index is 4.93. The molecule has 0 fully saturated rings. The van der Waals surface area contributed by atoms with E-state index in [0.29, 0.717) is 17.5 Å². The van der Waals surface area contributed by atoms with E-state index < -0.39 is 0 Å². The molecule has 0 radical (unpaired) electrons. The van der Waals surface area contributed by atoms with Gasteiger partial charge in [-0.2, -0.15) is 0 Å². The fraction of sp³-hybridized carbons (Fsp3) is 0.0714. The lowest BCUT2D eigenvalue weighted by Gasteiger charge is -2.42. The molecule has 7 aromatic rings. The van der Waals surface area contributed by atoms with Gasteiger partial charge in [0, 0.05) is 27.8 Å². The van der Waals surface area contributed by atoms with Crippen molar-refractivity contribution < 1.29 is 0 Å². The van der Waals surface area contributed by atoms with Crippen LogP contribution in [-0.2, 0) is 5.41 Å². The van der Waals surface area contributed by atoms with E-state index in [0.717, 1.165) is 33.5 Å². The lowest BCUT2D eigenvalue weighted by Crippen LogP contribution is -2.30. The van der Waals surface area contributed by atoms with E-state index in [1.165, 1.54) is 22.5 Å². The predicted octanol–water partition coefficient (Wildman–Crippen LogP) is 10.6. The molecule has 0 atom stereocenters. The van der Waals surface area contributed by atoms with Gasteiger partial charge in [0.1, 0.15) is 0 Å². The van der Waals surface area contributed by atoms with Gasteiger partial charge in [-0.15, -0.1) is 0 Å². The Morgan fingerprint density at radius 1 is 0.391 bits per heavy atom. The topological polar surface area (TPSA) is 41.9 Å². The van der Waals surface area contributed by atoms with Crippen LogP contribution >= 0.6 is 0 Å². The molecule has 220 valence electrons. The Morgan fingerprint density at radius 3 is 1.37 bits per heavy atom. The smallest absolute Gasteiger partial charge is 0.164 e. The molecular formula is C42H32N4. The van der Waals surface area contributed by atoms with Crippen molar-refractivity contribution in [3.63, 3.8) is 0 Å². The first-order valence-corrected chi connectivity index (χ1v) is 15.6. The van der Waals surface area contributed by atoms with E-state index in [9.17, 15) is 0 Å². The van der Waals surface area contributed by atoms with E-state index in [2.05, 4.69) is 116 Å². The van der Waals surface area contributed by atoms with E-state index in [-0.39, 0.29) is 5.41 Å². The van der Waals surface area contributed by atoms with Gasteiger partial charge in [-0.25, -0.2) is 15.0 Å². The van der Waals surface area contributed by atoms with E-state index in [1.807, 2.05) is 60.7 Å². The highest BCUT2D eigenvalue weighted by Crippen LogP contribution is 2.51. The fourth-order valence-electron chi connectivity index (χ4n) is 6.53. The summed E-state index contributed by atoms with van der Waals surface area (Å²) in [5, 5.41) is 0. The van der Waals surface area contributed by atoms with E-state index in [1.54, 1.807) is 0 Å². The highest BCUT2D eigenvalue weighted by atomic mass is 15.2. The molecule has 1 aliphatic rings. The molecule has 0 amide bonds. The monoisotopic (exact) mass is 592 g/mol. The molecule has 0 saturated heterocycles. The van der Waals surface area contributed by atoms with Crippen LogP contribution in [0, 0.1) is 0 Å². The first-order chi connectivity index (χ1) is 22.6. The summed E-state index contributed by atoms with van der Waals surface area (Å²) in [5.41, 5.74) is 11.2. The number of fused-ring (bicyclic) bond motifs is 2. The lowest BCUT2D eigenvalue weighted by molar-refractivity contribution is 0.632. The summed E-state index contributed by atoms with van der Waals surface area (Å²) < 4.78 is 0. The number of rotatable bonds is 5. The SMILES string of the molecule is CC1(C)c2ccccc2N(c2ccc(-c3cccc(-c4nc(-c5ccccc5)nc(-c5ccccc5)n4)c3)cc2)c2ccccc21. The molecular weight excluding hydrogens is 560 g/mol. The summed E-state index contributed by atoms with van der Waals surface area (Å²) in [6.07, 6.45) is 0. The molecule has 46 heavy (non-hydrogen) atoms. The Kier molecular flexibility index (Phi) is 6.76. The number of benzene rings is 6. The van der Waals surface area contributed by atoms with E-state index in [4.69, 9.17) is 15.0 Å². The molecule has 1 aromatic heterocycles. The number of aromatic nitrogens is 3. The van der Waals surface area contributed by atoms with Gasteiger partial charge in [-0.3, -0.25) is 0 Å². The van der Waals surface area contributed by atoms with Gasteiger partial charge in [0.15, 0.2) is 17.5 Å². The molecule has 0 saturated carbocycles. The Hall–Kier alpha value is -5.87. The Bertz CT molecular complexity index is 2060. The number of hydrogen-bond donors (Lipinski definition) is 0. The molecule has 0 spiro atoms. The largest absolute Gasteiger partial charge is 0.310 e. The van der Waals surface area contributed by atoms with Crippen LogP contribution in [-0.4, -0.2) is 15.0 Å². The molecule has 0 N–H and O–H groups in total. The average molecular weight is 593 g/mol. The zero-order chi connectivity index (χ0) is 31.1. The van der Waals surface area contributed by atoms with Gasteiger partial charge in [-0.1, -0.05) is 141 Å². The maximum Gasteiger partial charge on any atom is 0.164 e. The number of nitrogens with zero attached hydrogens (tertiary/aromatic N) is 4. The van der Waals surface area contributed by atoms with Gasteiger partial charge in [0.05, 0.1) is 11.4 Å². The highest BCUT2D eigenvalue weighted by Gasteiger charge is 2.36. The highest BCUT2D eigenvalue weighted by molar-refractivity contribution is 5.86. The summed E-state index contributed by atoms with van der Waals surface area (Å²) in [7, 11) is 0. The fourth-order valence-corrected chi connectivity index (χ4v) is 6.53. The molecule has 6 aromatic carbocycles. The van der Waals surface area contributed by atoms with Crippen molar-refractivity contribution in [2.24, 2.45) is 0 Å². The summed E-state index contributed by atoms with van der Waals surface area (Å²) >= 11 is 0. The Balaban J connectivity index is 1.18. The minimum absolute atomic E-state index is 0.0835. The van der Waals surface area contributed by atoms with E-state index >= 15 is 0 Å². The summed E-state index contributed by atoms with van der Waals surface area (Å²) in [6.45, 7) is 4.63. The lowest BCUT2D eigenvalue weighted by atomic mass is 9.73. The van der Waals surface area contributed by atoms with Gasteiger partial charge >= 0.3 is 0 Å². The van der Waals surface area contributed by atoms with Crippen molar-refractivity contribution in [2.75, 3.05) is 4.90 Å².